The zero-order chi connectivity index (χ0) is 13.9. The third-order valence-electron chi connectivity index (χ3n) is 2.34. The Balaban J connectivity index is 2.90. The second kappa shape index (κ2) is 6.31. The summed E-state index contributed by atoms with van der Waals surface area (Å²) in [7, 11) is -3.39. The van der Waals surface area contributed by atoms with E-state index in [1.165, 1.54) is 0 Å². The molecule has 0 bridgehead atoms. The molecule has 1 rings (SSSR count). The molecule has 0 radical (unpaired) electrons. The maximum Gasteiger partial charge on any atom is 0.363 e. The molecule has 0 saturated heterocycles. The van der Waals surface area contributed by atoms with Crippen molar-refractivity contribution in [2.75, 3.05) is 0 Å². The molecule has 18 heavy (non-hydrogen) atoms. The van der Waals surface area contributed by atoms with Gasteiger partial charge >= 0.3 is 7.60 Å². The number of hydrogen-bond acceptors (Lipinski definition) is 5. The first-order valence-corrected chi connectivity index (χ1v) is 7.84. The average molecular weight is 278 g/mol. The molecule has 0 amide bonds. The van der Waals surface area contributed by atoms with Crippen LogP contribution in [0.5, 0.6) is 0 Å². The van der Waals surface area contributed by atoms with Crippen molar-refractivity contribution >= 4 is 7.60 Å². The van der Waals surface area contributed by atoms with Gasteiger partial charge in [-0.15, -0.1) is 0 Å². The summed E-state index contributed by atoms with van der Waals surface area (Å²) in [5.41, 5.74) is 0. The van der Waals surface area contributed by atoms with Crippen LogP contribution in [-0.2, 0) is 18.3 Å². The highest BCUT2D eigenvalue weighted by Crippen LogP contribution is 2.57. The predicted octanol–water partition coefficient (Wildman–Crippen LogP) is 2.69. The molecule has 0 saturated carbocycles. The molecule has 0 aromatic carbocycles. The summed E-state index contributed by atoms with van der Waals surface area (Å²) in [5, 5.41) is 9.54. The predicted molar refractivity (Wildman–Crippen MR) is 69.5 cm³/mol. The van der Waals surface area contributed by atoms with Crippen LogP contribution in [0.3, 0.4) is 0 Å². The Kier molecular flexibility index (Phi) is 5.56. The maximum atomic E-state index is 12.7. The molecule has 1 N–H and O–H groups in total. The molecule has 0 spiro atoms. The summed E-state index contributed by atoms with van der Waals surface area (Å²) < 4.78 is 29.1. The lowest BCUT2D eigenvalue weighted by molar-refractivity contribution is -0.0328. The van der Waals surface area contributed by atoms with E-state index in [2.05, 4.69) is 0 Å². The molecule has 106 valence electrons. The van der Waals surface area contributed by atoms with Crippen molar-refractivity contribution in [2.45, 2.75) is 64.9 Å². The quantitative estimate of drug-likeness (QED) is 0.618. The number of rotatable bonds is 5. The van der Waals surface area contributed by atoms with Crippen LogP contribution in [0, 0.1) is 0 Å². The van der Waals surface area contributed by atoms with Gasteiger partial charge in [0.25, 0.3) is 0 Å². The molecule has 3 atom stereocenters. The number of aliphatic hydroxyl groups excluding tert-OH is 1. The summed E-state index contributed by atoms with van der Waals surface area (Å²) in [5.74, 6) is -0.763. The van der Waals surface area contributed by atoms with Gasteiger partial charge in [0.15, 0.2) is 5.85 Å². The van der Waals surface area contributed by atoms with Gasteiger partial charge in [-0.25, -0.2) is 0 Å². The van der Waals surface area contributed by atoms with Crippen LogP contribution in [-0.4, -0.2) is 35.4 Å². The minimum absolute atomic E-state index is 0.228. The van der Waals surface area contributed by atoms with E-state index in [1.807, 2.05) is 0 Å². The monoisotopic (exact) mass is 278 g/mol. The average Bonchev–Trinajstić information content (AvgIpc) is 2.19. The Morgan fingerprint density at radius 3 is 2.06 bits per heavy atom. The zero-order valence-corrected chi connectivity index (χ0v) is 12.5. The van der Waals surface area contributed by atoms with Crippen molar-refractivity contribution < 1.29 is 23.5 Å². The Bertz CT molecular complexity index is 325. The first kappa shape index (κ1) is 15.9. The van der Waals surface area contributed by atoms with Gasteiger partial charge < -0.3 is 18.9 Å². The molecule has 0 fully saturated rings. The van der Waals surface area contributed by atoms with Crippen LogP contribution >= 0.6 is 7.60 Å². The van der Waals surface area contributed by atoms with Crippen LogP contribution < -0.4 is 0 Å². The standard InChI is InChI=1S/C12H23O5P/c1-8(2)16-18(14,17-9(3)4)12-7-6-11(13)10(5)15-12/h6-13H,1-5H3/t10-,11+,12?/m0/s1. The van der Waals surface area contributed by atoms with Gasteiger partial charge in [0, 0.05) is 0 Å². The molecule has 0 aromatic heterocycles. The van der Waals surface area contributed by atoms with Gasteiger partial charge in [-0.05, 0) is 40.7 Å². The molecule has 1 aliphatic heterocycles. The van der Waals surface area contributed by atoms with Crippen molar-refractivity contribution in [3.8, 4) is 0 Å². The van der Waals surface area contributed by atoms with Gasteiger partial charge in [0.05, 0.1) is 24.4 Å². The first-order chi connectivity index (χ1) is 8.24. The fourth-order valence-corrected chi connectivity index (χ4v) is 3.74. The Hall–Kier alpha value is -0.190. The fourth-order valence-electron chi connectivity index (χ4n) is 1.62. The SMILES string of the molecule is CC(C)OP(=O)(OC(C)C)C1C=C[C@@H](O)[C@H](C)O1. The van der Waals surface area contributed by atoms with Crippen LogP contribution in [0.4, 0.5) is 0 Å². The third-order valence-corrected chi connectivity index (χ3v) is 4.68. The Labute approximate surface area is 109 Å². The zero-order valence-electron chi connectivity index (χ0n) is 11.6. The van der Waals surface area contributed by atoms with E-state index in [-0.39, 0.29) is 12.2 Å². The Morgan fingerprint density at radius 2 is 1.67 bits per heavy atom. The van der Waals surface area contributed by atoms with Crippen LogP contribution in [0.15, 0.2) is 12.2 Å². The van der Waals surface area contributed by atoms with Crippen molar-refractivity contribution in [3.63, 3.8) is 0 Å². The van der Waals surface area contributed by atoms with E-state index in [4.69, 9.17) is 13.8 Å². The fraction of sp³-hybridized carbons (Fsp3) is 0.833. The molecule has 5 nitrogen and oxygen atoms in total. The highest BCUT2D eigenvalue weighted by molar-refractivity contribution is 7.54. The molecule has 0 aromatic rings. The van der Waals surface area contributed by atoms with Crippen LogP contribution in [0.2, 0.25) is 0 Å². The van der Waals surface area contributed by atoms with Gasteiger partial charge in [-0.2, -0.15) is 0 Å². The highest BCUT2D eigenvalue weighted by Gasteiger charge is 2.40. The third kappa shape index (κ3) is 4.18. The molecular formula is C12H23O5P. The Morgan fingerprint density at radius 1 is 1.17 bits per heavy atom. The van der Waals surface area contributed by atoms with Gasteiger partial charge in [0.2, 0.25) is 0 Å². The highest BCUT2D eigenvalue weighted by atomic mass is 31.2. The van der Waals surface area contributed by atoms with E-state index >= 15 is 0 Å². The molecule has 6 heteroatoms. The summed E-state index contributed by atoms with van der Waals surface area (Å²) >= 11 is 0. The van der Waals surface area contributed by atoms with Gasteiger partial charge in [-0.3, -0.25) is 4.57 Å². The van der Waals surface area contributed by atoms with Crippen molar-refractivity contribution in [1.82, 2.24) is 0 Å². The van der Waals surface area contributed by atoms with E-state index in [0.29, 0.717) is 0 Å². The van der Waals surface area contributed by atoms with Crippen molar-refractivity contribution in [2.24, 2.45) is 0 Å². The maximum absolute atomic E-state index is 12.7. The molecule has 1 unspecified atom stereocenters. The lowest BCUT2D eigenvalue weighted by Gasteiger charge is -2.33. The van der Waals surface area contributed by atoms with E-state index in [1.54, 1.807) is 46.8 Å². The summed E-state index contributed by atoms with van der Waals surface area (Å²) in [6, 6.07) is 0. The minimum atomic E-state index is -3.39. The summed E-state index contributed by atoms with van der Waals surface area (Å²) in [6.45, 7) is 8.89. The lowest BCUT2D eigenvalue weighted by atomic mass is 10.2. The number of hydrogen-bond donors (Lipinski definition) is 1. The van der Waals surface area contributed by atoms with Crippen LogP contribution in [0.1, 0.15) is 34.6 Å². The van der Waals surface area contributed by atoms with E-state index in [9.17, 15) is 9.67 Å². The van der Waals surface area contributed by atoms with Gasteiger partial charge in [0.1, 0.15) is 0 Å². The second-order valence-corrected chi connectivity index (χ2v) is 6.97. The van der Waals surface area contributed by atoms with Crippen LogP contribution in [0.25, 0.3) is 0 Å². The van der Waals surface area contributed by atoms with Gasteiger partial charge in [-0.1, -0.05) is 6.08 Å². The van der Waals surface area contributed by atoms with Crippen molar-refractivity contribution in [3.05, 3.63) is 12.2 Å². The summed E-state index contributed by atoms with van der Waals surface area (Å²) in [4.78, 5) is 0. The topological polar surface area (TPSA) is 65.0 Å². The molecular weight excluding hydrogens is 255 g/mol. The molecule has 0 aliphatic carbocycles. The normalized spacial score (nSPS) is 29.2. The first-order valence-electron chi connectivity index (χ1n) is 6.23. The lowest BCUT2D eigenvalue weighted by Crippen LogP contribution is -2.34. The minimum Gasteiger partial charge on any atom is -0.386 e. The summed E-state index contributed by atoms with van der Waals surface area (Å²) in [6.07, 6.45) is 1.55. The van der Waals surface area contributed by atoms with Crippen molar-refractivity contribution in [1.29, 1.82) is 0 Å². The van der Waals surface area contributed by atoms with E-state index in [0.717, 1.165) is 0 Å². The number of aliphatic hydroxyl groups is 1. The van der Waals surface area contributed by atoms with E-state index < -0.39 is 25.6 Å². The molecule has 1 aliphatic rings. The number of ether oxygens (including phenoxy) is 1. The second-order valence-electron chi connectivity index (χ2n) is 4.96. The molecule has 1 heterocycles. The largest absolute Gasteiger partial charge is 0.386 e. The smallest absolute Gasteiger partial charge is 0.363 e.